The lowest BCUT2D eigenvalue weighted by molar-refractivity contribution is -0.301. The van der Waals surface area contributed by atoms with Gasteiger partial charge in [0.25, 0.3) is 0 Å². The van der Waals surface area contributed by atoms with Crippen LogP contribution in [0, 0.1) is 0 Å². The number of carbonyl (C=O) groups excluding carboxylic acids is 3. The quantitative estimate of drug-likeness (QED) is 0.0228. The minimum absolute atomic E-state index is 0.0201. The molecule has 73 heavy (non-hydrogen) atoms. The molecule has 1 heterocycles. The van der Waals surface area contributed by atoms with Gasteiger partial charge in [0.2, 0.25) is 0 Å². The summed E-state index contributed by atoms with van der Waals surface area (Å²) >= 11 is 0. The number of carboxylic acid groups (broad SMARTS) is 1. The molecule has 1 saturated heterocycles. The van der Waals surface area contributed by atoms with Crippen molar-refractivity contribution in [2.75, 3.05) is 13.2 Å². The standard InChI is InChI=1S/C61H100O12/c1-4-7-10-13-16-19-22-24-25-26-27-28-29-31-33-35-38-41-44-47-53(62)69-50-52(71-54(63)48-45-42-39-36-32-21-18-15-12-9-6-3)51-70-61-59(57(66)56(65)58(73-61)60(67)68)72-55(64)49-46-43-40-37-34-30-23-20-17-14-11-8-5-2/h8,11,15-20,24-25,27-28,30,34,52,56-59,61,65-66H,4-7,9-10,12-14,21-23,26,29,31-33,35-51H2,1-3H3,(H,67,68)/b11-8-,18-15-,19-16-,20-17-,25-24-,28-27-,34-30-. The molecule has 0 bridgehead atoms. The van der Waals surface area contributed by atoms with Gasteiger partial charge in [0.15, 0.2) is 24.6 Å². The molecule has 416 valence electrons. The van der Waals surface area contributed by atoms with Crippen LogP contribution in [0.2, 0.25) is 0 Å². The molecule has 6 unspecified atom stereocenters. The summed E-state index contributed by atoms with van der Waals surface area (Å²) in [5, 5.41) is 31.4. The molecular weight excluding hydrogens is 925 g/mol. The first-order valence-corrected chi connectivity index (χ1v) is 28.6. The van der Waals surface area contributed by atoms with Crippen molar-refractivity contribution in [3.63, 3.8) is 0 Å². The number of aliphatic hydroxyl groups excluding tert-OH is 2. The van der Waals surface area contributed by atoms with Crippen LogP contribution in [0.25, 0.3) is 0 Å². The molecule has 0 aromatic heterocycles. The first-order valence-electron chi connectivity index (χ1n) is 28.6. The maximum atomic E-state index is 13.1. The number of carboxylic acids is 1. The lowest BCUT2D eigenvalue weighted by Crippen LogP contribution is -2.61. The van der Waals surface area contributed by atoms with E-state index in [0.29, 0.717) is 19.3 Å². The summed E-state index contributed by atoms with van der Waals surface area (Å²) in [7, 11) is 0. The second kappa shape index (κ2) is 48.8. The molecule has 12 nitrogen and oxygen atoms in total. The number of ether oxygens (including phenoxy) is 5. The SMILES string of the molecule is CC/C=C\C/C=C\C/C=C\CCCCCC(=O)OC1C(OCC(COC(=O)CCCCCCCC/C=C\C/C=C\C/C=C\CCCCC)OC(=O)CCCCCCC/C=C\CCCC)OC(C(=O)O)C(O)C1O. The minimum Gasteiger partial charge on any atom is -0.479 e. The third-order valence-electron chi connectivity index (χ3n) is 12.4. The Morgan fingerprint density at radius 3 is 1.38 bits per heavy atom. The third-order valence-corrected chi connectivity index (χ3v) is 12.4. The molecule has 1 aliphatic rings. The number of aliphatic hydroxyl groups is 2. The monoisotopic (exact) mass is 1020 g/mol. The van der Waals surface area contributed by atoms with Crippen molar-refractivity contribution in [1.29, 1.82) is 0 Å². The Morgan fingerprint density at radius 2 is 0.877 bits per heavy atom. The van der Waals surface area contributed by atoms with Gasteiger partial charge in [-0.3, -0.25) is 14.4 Å². The fourth-order valence-corrected chi connectivity index (χ4v) is 8.02. The van der Waals surface area contributed by atoms with Gasteiger partial charge in [-0.05, 0) is 109 Å². The molecule has 0 spiro atoms. The molecule has 6 atom stereocenters. The van der Waals surface area contributed by atoms with Crippen molar-refractivity contribution in [1.82, 2.24) is 0 Å². The first kappa shape index (κ1) is 66.9. The van der Waals surface area contributed by atoms with E-state index in [4.69, 9.17) is 23.7 Å². The maximum absolute atomic E-state index is 13.1. The Kier molecular flexibility index (Phi) is 44.7. The van der Waals surface area contributed by atoms with E-state index in [1.165, 1.54) is 38.5 Å². The van der Waals surface area contributed by atoms with Gasteiger partial charge < -0.3 is 39.0 Å². The van der Waals surface area contributed by atoms with Gasteiger partial charge in [0.05, 0.1) is 6.61 Å². The van der Waals surface area contributed by atoms with Gasteiger partial charge in [-0.1, -0.05) is 183 Å². The lowest BCUT2D eigenvalue weighted by Gasteiger charge is -2.40. The van der Waals surface area contributed by atoms with Crippen LogP contribution in [-0.2, 0) is 42.9 Å². The Hall–Kier alpha value is -4.10. The van der Waals surface area contributed by atoms with Crippen molar-refractivity contribution >= 4 is 23.9 Å². The number of rotatable bonds is 47. The highest BCUT2D eigenvalue weighted by molar-refractivity contribution is 5.74. The normalized spacial score (nSPS) is 18.9. The summed E-state index contributed by atoms with van der Waals surface area (Å²) in [4.78, 5) is 51.0. The molecule has 0 saturated carbocycles. The van der Waals surface area contributed by atoms with Crippen molar-refractivity contribution in [3.05, 3.63) is 85.1 Å². The lowest BCUT2D eigenvalue weighted by atomic mass is 9.98. The molecule has 1 rings (SSSR count). The van der Waals surface area contributed by atoms with Crippen LogP contribution in [0.3, 0.4) is 0 Å². The fourth-order valence-electron chi connectivity index (χ4n) is 8.02. The van der Waals surface area contributed by atoms with Gasteiger partial charge in [-0.2, -0.15) is 0 Å². The summed E-state index contributed by atoms with van der Waals surface area (Å²) in [6, 6.07) is 0. The number of hydrogen-bond donors (Lipinski definition) is 3. The van der Waals surface area contributed by atoms with Crippen molar-refractivity contribution in [3.8, 4) is 0 Å². The van der Waals surface area contributed by atoms with E-state index >= 15 is 0 Å². The Labute approximate surface area is 441 Å². The van der Waals surface area contributed by atoms with E-state index in [0.717, 1.165) is 128 Å². The Morgan fingerprint density at radius 1 is 0.466 bits per heavy atom. The second-order valence-electron chi connectivity index (χ2n) is 19.2. The smallest absolute Gasteiger partial charge is 0.335 e. The number of carbonyl (C=O) groups is 4. The summed E-state index contributed by atoms with van der Waals surface area (Å²) in [6.45, 7) is 5.76. The molecule has 0 radical (unpaired) electrons. The van der Waals surface area contributed by atoms with Gasteiger partial charge in [0.1, 0.15) is 18.8 Å². The number of unbranched alkanes of at least 4 members (excludes halogenated alkanes) is 19. The van der Waals surface area contributed by atoms with Crippen LogP contribution in [0.15, 0.2) is 85.1 Å². The van der Waals surface area contributed by atoms with E-state index < -0.39 is 67.3 Å². The molecule has 12 heteroatoms. The predicted octanol–water partition coefficient (Wildman–Crippen LogP) is 14.3. The van der Waals surface area contributed by atoms with E-state index in [2.05, 4.69) is 106 Å². The fraction of sp³-hybridized carbons (Fsp3) is 0.705. The highest BCUT2D eigenvalue weighted by Gasteiger charge is 2.50. The highest BCUT2D eigenvalue weighted by atomic mass is 16.7. The molecule has 0 aliphatic carbocycles. The van der Waals surface area contributed by atoms with Gasteiger partial charge >= 0.3 is 23.9 Å². The van der Waals surface area contributed by atoms with E-state index in [-0.39, 0.29) is 25.9 Å². The first-order chi connectivity index (χ1) is 35.6. The molecule has 0 aromatic rings. The van der Waals surface area contributed by atoms with Gasteiger partial charge in [0, 0.05) is 19.3 Å². The van der Waals surface area contributed by atoms with Crippen molar-refractivity contribution < 1.29 is 58.2 Å². The predicted molar refractivity (Wildman–Crippen MR) is 294 cm³/mol. The van der Waals surface area contributed by atoms with Crippen molar-refractivity contribution in [2.45, 2.75) is 263 Å². The largest absolute Gasteiger partial charge is 0.479 e. The molecular formula is C61H100O12. The molecule has 1 fully saturated rings. The molecule has 0 aromatic carbocycles. The van der Waals surface area contributed by atoms with E-state index in [9.17, 15) is 34.5 Å². The molecule has 3 N–H and O–H groups in total. The average molecular weight is 1030 g/mol. The second-order valence-corrected chi connectivity index (χ2v) is 19.2. The minimum atomic E-state index is -1.92. The zero-order chi connectivity index (χ0) is 53.3. The Bertz CT molecular complexity index is 1590. The molecule has 0 amide bonds. The summed E-state index contributed by atoms with van der Waals surface area (Å²) in [6.07, 6.45) is 49.9. The van der Waals surface area contributed by atoms with E-state index in [1.807, 2.05) is 0 Å². The van der Waals surface area contributed by atoms with Crippen LogP contribution in [-0.4, -0.2) is 89.2 Å². The zero-order valence-corrected chi connectivity index (χ0v) is 45.6. The Balaban J connectivity index is 2.70. The number of esters is 3. The van der Waals surface area contributed by atoms with E-state index in [1.54, 1.807) is 0 Å². The summed E-state index contributed by atoms with van der Waals surface area (Å²) in [5.41, 5.74) is 0. The number of allylic oxidation sites excluding steroid dienone is 14. The van der Waals surface area contributed by atoms with Crippen molar-refractivity contribution in [2.24, 2.45) is 0 Å². The van der Waals surface area contributed by atoms with Crippen LogP contribution < -0.4 is 0 Å². The summed E-state index contributed by atoms with van der Waals surface area (Å²) in [5.74, 6) is -3.19. The van der Waals surface area contributed by atoms with Gasteiger partial charge in [-0.15, -0.1) is 0 Å². The maximum Gasteiger partial charge on any atom is 0.335 e. The summed E-state index contributed by atoms with van der Waals surface area (Å²) < 4.78 is 28.3. The van der Waals surface area contributed by atoms with Crippen LogP contribution >= 0.6 is 0 Å². The number of hydrogen-bond acceptors (Lipinski definition) is 11. The molecule has 1 aliphatic heterocycles. The zero-order valence-electron chi connectivity index (χ0n) is 45.6. The topological polar surface area (TPSA) is 175 Å². The third kappa shape index (κ3) is 39.0. The van der Waals surface area contributed by atoms with Crippen LogP contribution in [0.4, 0.5) is 0 Å². The van der Waals surface area contributed by atoms with Crippen LogP contribution in [0.1, 0.15) is 226 Å². The average Bonchev–Trinajstić information content (AvgIpc) is 3.37. The highest BCUT2D eigenvalue weighted by Crippen LogP contribution is 2.26. The van der Waals surface area contributed by atoms with Gasteiger partial charge in [-0.25, -0.2) is 4.79 Å². The van der Waals surface area contributed by atoms with Crippen LogP contribution in [0.5, 0.6) is 0 Å². The number of aliphatic carboxylic acids is 1.